The number of carbonyl (C=O) groups excluding carboxylic acids is 2. The fourth-order valence-electron chi connectivity index (χ4n) is 1.84. The van der Waals surface area contributed by atoms with Gasteiger partial charge in [-0.05, 0) is 24.3 Å². The van der Waals surface area contributed by atoms with E-state index in [2.05, 4.69) is 20.6 Å². The summed E-state index contributed by atoms with van der Waals surface area (Å²) >= 11 is 0. The number of aromatic nitrogens is 2. The molecular formula is C16H19N5O2. The number of hydrogen-bond donors (Lipinski definition) is 2. The molecule has 0 saturated heterocycles. The first-order valence-electron chi connectivity index (χ1n) is 7.17. The van der Waals surface area contributed by atoms with Gasteiger partial charge in [-0.3, -0.25) is 14.6 Å². The maximum Gasteiger partial charge on any atom is 0.252 e. The Bertz CT molecular complexity index is 656. The van der Waals surface area contributed by atoms with Crippen LogP contribution in [0.15, 0.2) is 42.9 Å². The normalized spacial score (nSPS) is 10.0. The van der Waals surface area contributed by atoms with Gasteiger partial charge in [-0.2, -0.15) is 0 Å². The molecule has 0 bridgehead atoms. The SMILES string of the molecule is CN(C)c1ccc(C(=O)NCCC(=O)Nc2ccncc2)cn1. The van der Waals surface area contributed by atoms with Crippen LogP contribution < -0.4 is 15.5 Å². The fraction of sp³-hybridized carbons (Fsp3) is 0.250. The Morgan fingerprint density at radius 3 is 2.48 bits per heavy atom. The third-order valence-electron chi connectivity index (χ3n) is 3.07. The van der Waals surface area contributed by atoms with Crippen molar-refractivity contribution in [1.82, 2.24) is 15.3 Å². The summed E-state index contributed by atoms with van der Waals surface area (Å²) in [6.45, 7) is 0.255. The molecule has 0 fully saturated rings. The molecule has 2 rings (SSSR count). The van der Waals surface area contributed by atoms with E-state index in [1.807, 2.05) is 19.0 Å². The van der Waals surface area contributed by atoms with Crippen LogP contribution in [0, 0.1) is 0 Å². The lowest BCUT2D eigenvalue weighted by atomic mass is 10.2. The second-order valence-electron chi connectivity index (χ2n) is 5.09. The second-order valence-corrected chi connectivity index (χ2v) is 5.09. The highest BCUT2D eigenvalue weighted by Crippen LogP contribution is 2.07. The quantitative estimate of drug-likeness (QED) is 0.839. The lowest BCUT2D eigenvalue weighted by Gasteiger charge is -2.11. The lowest BCUT2D eigenvalue weighted by molar-refractivity contribution is -0.116. The van der Waals surface area contributed by atoms with Crippen molar-refractivity contribution in [2.24, 2.45) is 0 Å². The molecule has 2 aromatic rings. The van der Waals surface area contributed by atoms with E-state index in [4.69, 9.17) is 0 Å². The van der Waals surface area contributed by atoms with Crippen molar-refractivity contribution in [1.29, 1.82) is 0 Å². The first-order chi connectivity index (χ1) is 11.1. The van der Waals surface area contributed by atoms with E-state index < -0.39 is 0 Å². The molecular weight excluding hydrogens is 294 g/mol. The summed E-state index contributed by atoms with van der Waals surface area (Å²) in [5.41, 5.74) is 1.14. The molecule has 0 saturated carbocycles. The zero-order valence-corrected chi connectivity index (χ0v) is 13.1. The van der Waals surface area contributed by atoms with Crippen LogP contribution in [-0.2, 0) is 4.79 Å². The Morgan fingerprint density at radius 2 is 1.87 bits per heavy atom. The molecule has 2 amide bonds. The van der Waals surface area contributed by atoms with E-state index >= 15 is 0 Å². The average Bonchev–Trinajstić information content (AvgIpc) is 2.55. The van der Waals surface area contributed by atoms with Crippen molar-refractivity contribution in [2.75, 3.05) is 30.9 Å². The third kappa shape index (κ3) is 5.06. The molecule has 0 spiro atoms. The van der Waals surface area contributed by atoms with Gasteiger partial charge in [-0.1, -0.05) is 0 Å². The van der Waals surface area contributed by atoms with Crippen molar-refractivity contribution < 1.29 is 9.59 Å². The second kappa shape index (κ2) is 7.88. The minimum atomic E-state index is -0.250. The minimum Gasteiger partial charge on any atom is -0.363 e. The van der Waals surface area contributed by atoms with Gasteiger partial charge >= 0.3 is 0 Å². The van der Waals surface area contributed by atoms with E-state index in [0.29, 0.717) is 11.3 Å². The summed E-state index contributed by atoms with van der Waals surface area (Å²) in [6.07, 6.45) is 4.91. The lowest BCUT2D eigenvalue weighted by Crippen LogP contribution is -2.27. The molecule has 120 valence electrons. The van der Waals surface area contributed by atoms with Crippen LogP contribution in [0.25, 0.3) is 0 Å². The van der Waals surface area contributed by atoms with Gasteiger partial charge in [0.2, 0.25) is 5.91 Å². The summed E-state index contributed by atoms with van der Waals surface area (Å²) in [5.74, 6) is 0.357. The number of pyridine rings is 2. The minimum absolute atomic E-state index is 0.169. The van der Waals surface area contributed by atoms with E-state index in [0.717, 1.165) is 5.82 Å². The van der Waals surface area contributed by atoms with Crippen LogP contribution in [0.1, 0.15) is 16.8 Å². The molecule has 0 atom stereocenters. The van der Waals surface area contributed by atoms with Crippen LogP contribution in [-0.4, -0.2) is 42.4 Å². The molecule has 2 N–H and O–H groups in total. The van der Waals surface area contributed by atoms with Crippen molar-refractivity contribution in [3.63, 3.8) is 0 Å². The topological polar surface area (TPSA) is 87.2 Å². The van der Waals surface area contributed by atoms with Gasteiger partial charge in [-0.15, -0.1) is 0 Å². The predicted molar refractivity (Wildman–Crippen MR) is 88.4 cm³/mol. The van der Waals surface area contributed by atoms with E-state index in [-0.39, 0.29) is 24.8 Å². The van der Waals surface area contributed by atoms with Crippen LogP contribution in [0.2, 0.25) is 0 Å². The summed E-state index contributed by atoms with van der Waals surface area (Å²) in [4.78, 5) is 33.6. The standard InChI is InChI=1S/C16H19N5O2/c1-21(2)14-4-3-12(11-19-14)16(23)18-10-7-15(22)20-13-5-8-17-9-6-13/h3-6,8-9,11H,7,10H2,1-2H3,(H,18,23)(H,17,20,22). The maximum absolute atomic E-state index is 12.0. The predicted octanol–water partition coefficient (Wildman–Crippen LogP) is 1.30. The molecule has 7 nitrogen and oxygen atoms in total. The third-order valence-corrected chi connectivity index (χ3v) is 3.07. The molecule has 0 aromatic carbocycles. The summed E-state index contributed by atoms with van der Waals surface area (Å²) in [5, 5.41) is 5.43. The molecule has 7 heteroatoms. The number of hydrogen-bond acceptors (Lipinski definition) is 5. The van der Waals surface area contributed by atoms with Gasteiger partial charge in [0, 0.05) is 51.3 Å². The molecule has 0 aliphatic carbocycles. The zero-order chi connectivity index (χ0) is 16.7. The first kappa shape index (κ1) is 16.4. The van der Waals surface area contributed by atoms with Crippen LogP contribution in [0.3, 0.4) is 0 Å². The smallest absolute Gasteiger partial charge is 0.252 e. The first-order valence-corrected chi connectivity index (χ1v) is 7.17. The molecule has 0 radical (unpaired) electrons. The fourth-order valence-corrected chi connectivity index (χ4v) is 1.84. The maximum atomic E-state index is 12.0. The number of nitrogens with one attached hydrogen (secondary N) is 2. The number of carbonyl (C=O) groups is 2. The summed E-state index contributed by atoms with van der Waals surface area (Å²) in [7, 11) is 3.76. The molecule has 23 heavy (non-hydrogen) atoms. The Labute approximate surface area is 134 Å². The van der Waals surface area contributed by atoms with Gasteiger partial charge in [-0.25, -0.2) is 4.98 Å². The van der Waals surface area contributed by atoms with Gasteiger partial charge in [0.05, 0.1) is 5.56 Å². The molecule has 0 aliphatic heterocycles. The molecule has 2 aromatic heterocycles. The monoisotopic (exact) mass is 313 g/mol. The molecule has 2 heterocycles. The highest BCUT2D eigenvalue weighted by Gasteiger charge is 2.08. The highest BCUT2D eigenvalue weighted by atomic mass is 16.2. The van der Waals surface area contributed by atoms with Crippen molar-refractivity contribution in [3.05, 3.63) is 48.4 Å². The van der Waals surface area contributed by atoms with Crippen molar-refractivity contribution in [2.45, 2.75) is 6.42 Å². The Balaban J connectivity index is 1.77. The summed E-state index contributed by atoms with van der Waals surface area (Å²) in [6, 6.07) is 6.88. The van der Waals surface area contributed by atoms with Crippen molar-refractivity contribution in [3.8, 4) is 0 Å². The average molecular weight is 313 g/mol. The largest absolute Gasteiger partial charge is 0.363 e. The number of rotatable bonds is 6. The number of amides is 2. The number of nitrogens with zero attached hydrogens (tertiary/aromatic N) is 3. The van der Waals surface area contributed by atoms with Crippen LogP contribution in [0.5, 0.6) is 0 Å². The van der Waals surface area contributed by atoms with Gasteiger partial charge < -0.3 is 15.5 Å². The highest BCUT2D eigenvalue weighted by molar-refractivity contribution is 5.95. The van der Waals surface area contributed by atoms with Crippen LogP contribution >= 0.6 is 0 Å². The summed E-state index contributed by atoms with van der Waals surface area (Å²) < 4.78 is 0. The molecule has 0 unspecified atom stereocenters. The number of anilines is 2. The Kier molecular flexibility index (Phi) is 5.62. The van der Waals surface area contributed by atoms with E-state index in [9.17, 15) is 9.59 Å². The van der Waals surface area contributed by atoms with E-state index in [1.54, 1.807) is 36.7 Å². The molecule has 0 aliphatic rings. The zero-order valence-electron chi connectivity index (χ0n) is 13.1. The van der Waals surface area contributed by atoms with E-state index in [1.165, 1.54) is 6.20 Å². The van der Waals surface area contributed by atoms with Gasteiger partial charge in [0.1, 0.15) is 5.82 Å². The van der Waals surface area contributed by atoms with Gasteiger partial charge in [0.25, 0.3) is 5.91 Å². The Hall–Kier alpha value is -2.96. The van der Waals surface area contributed by atoms with Crippen LogP contribution in [0.4, 0.5) is 11.5 Å². The Morgan fingerprint density at radius 1 is 1.13 bits per heavy atom. The van der Waals surface area contributed by atoms with Crippen molar-refractivity contribution >= 4 is 23.3 Å². The van der Waals surface area contributed by atoms with Gasteiger partial charge in [0.15, 0.2) is 0 Å².